The number of aryl methyl sites for hydroxylation is 1. The Kier molecular flexibility index (Phi) is 3.38. The molecule has 0 amide bonds. The Hall–Kier alpha value is -1.90. The van der Waals surface area contributed by atoms with Gasteiger partial charge in [0.05, 0.1) is 0 Å². The summed E-state index contributed by atoms with van der Waals surface area (Å²) in [7, 11) is 0. The normalized spacial score (nSPS) is 10.6. The summed E-state index contributed by atoms with van der Waals surface area (Å²) in [6.45, 7) is 3.16. The van der Waals surface area contributed by atoms with E-state index >= 15 is 0 Å². The van der Waals surface area contributed by atoms with Crippen molar-refractivity contribution in [2.45, 2.75) is 26.3 Å². The molecular weight excluding hydrogens is 214 g/mol. The first-order valence-corrected chi connectivity index (χ1v) is 5.84. The van der Waals surface area contributed by atoms with Crippen molar-refractivity contribution in [1.82, 2.24) is 4.57 Å². The minimum atomic E-state index is 0.0924. The fraction of sp³-hybridized carbons (Fsp3) is 0.286. The van der Waals surface area contributed by atoms with Crippen LogP contribution < -0.4 is 0 Å². The van der Waals surface area contributed by atoms with Crippen LogP contribution in [0, 0.1) is 0 Å². The van der Waals surface area contributed by atoms with Gasteiger partial charge in [-0.3, -0.25) is 0 Å². The molecule has 0 atom stereocenters. The molecule has 2 aromatic rings. The number of rotatable bonds is 4. The third-order valence-corrected chi connectivity index (χ3v) is 2.76. The average Bonchev–Trinajstić information content (AvgIpc) is 2.71. The van der Waals surface area contributed by atoms with Gasteiger partial charge in [0, 0.05) is 31.4 Å². The summed E-state index contributed by atoms with van der Waals surface area (Å²) >= 11 is 0. The molecule has 3 heteroatoms. The minimum absolute atomic E-state index is 0.0924. The van der Waals surface area contributed by atoms with Crippen LogP contribution in [0.4, 0.5) is 0 Å². The molecule has 2 N–H and O–H groups in total. The SMILES string of the molecule is CCCn1ccc(Cc2ccc(O)cc2O)c1. The van der Waals surface area contributed by atoms with E-state index in [1.165, 1.54) is 11.6 Å². The van der Waals surface area contributed by atoms with Gasteiger partial charge in [0.25, 0.3) is 0 Å². The van der Waals surface area contributed by atoms with E-state index in [2.05, 4.69) is 30.0 Å². The Balaban J connectivity index is 2.13. The lowest BCUT2D eigenvalue weighted by Crippen LogP contribution is -1.92. The molecule has 0 radical (unpaired) electrons. The number of hydrogen-bond donors (Lipinski definition) is 2. The molecule has 2 rings (SSSR count). The molecule has 17 heavy (non-hydrogen) atoms. The third-order valence-electron chi connectivity index (χ3n) is 2.76. The number of phenols is 2. The molecule has 0 fully saturated rings. The van der Waals surface area contributed by atoms with Crippen molar-refractivity contribution in [3.05, 3.63) is 47.8 Å². The summed E-state index contributed by atoms with van der Waals surface area (Å²) in [6.07, 6.45) is 5.94. The highest BCUT2D eigenvalue weighted by Crippen LogP contribution is 2.24. The molecule has 0 unspecified atom stereocenters. The topological polar surface area (TPSA) is 45.4 Å². The highest BCUT2D eigenvalue weighted by atomic mass is 16.3. The number of aromatic nitrogens is 1. The summed E-state index contributed by atoms with van der Waals surface area (Å²) in [5, 5.41) is 18.9. The van der Waals surface area contributed by atoms with E-state index in [0.717, 1.165) is 18.5 Å². The molecule has 1 aromatic heterocycles. The van der Waals surface area contributed by atoms with Gasteiger partial charge >= 0.3 is 0 Å². The summed E-state index contributed by atoms with van der Waals surface area (Å²) in [5.41, 5.74) is 2.00. The van der Waals surface area contributed by atoms with Crippen molar-refractivity contribution < 1.29 is 10.2 Å². The molecule has 1 aromatic carbocycles. The highest BCUT2D eigenvalue weighted by molar-refractivity contribution is 5.41. The van der Waals surface area contributed by atoms with Gasteiger partial charge in [-0.05, 0) is 29.7 Å². The van der Waals surface area contributed by atoms with E-state index in [1.807, 2.05) is 0 Å². The number of phenolic OH excluding ortho intramolecular Hbond substituents is 2. The lowest BCUT2D eigenvalue weighted by molar-refractivity contribution is 0.447. The Bertz CT molecular complexity index is 503. The zero-order chi connectivity index (χ0) is 12.3. The Morgan fingerprint density at radius 2 is 2.00 bits per heavy atom. The van der Waals surface area contributed by atoms with Gasteiger partial charge in [0.15, 0.2) is 0 Å². The van der Waals surface area contributed by atoms with Crippen LogP contribution in [0.5, 0.6) is 11.5 Å². The number of hydrogen-bond acceptors (Lipinski definition) is 2. The number of aromatic hydroxyl groups is 2. The standard InChI is InChI=1S/C14H17NO2/c1-2-6-15-7-5-11(10-15)8-12-3-4-13(16)9-14(12)17/h3-5,7,9-10,16-17H,2,6,8H2,1H3. The van der Waals surface area contributed by atoms with Crippen LogP contribution in [-0.4, -0.2) is 14.8 Å². The molecule has 0 spiro atoms. The highest BCUT2D eigenvalue weighted by Gasteiger charge is 2.04. The van der Waals surface area contributed by atoms with E-state index in [-0.39, 0.29) is 11.5 Å². The molecule has 1 heterocycles. The van der Waals surface area contributed by atoms with Crippen molar-refractivity contribution in [3.63, 3.8) is 0 Å². The lowest BCUT2D eigenvalue weighted by Gasteiger charge is -2.03. The van der Waals surface area contributed by atoms with Gasteiger partial charge in [-0.15, -0.1) is 0 Å². The van der Waals surface area contributed by atoms with Gasteiger partial charge in [-0.2, -0.15) is 0 Å². The monoisotopic (exact) mass is 231 g/mol. The average molecular weight is 231 g/mol. The summed E-state index contributed by atoms with van der Waals surface area (Å²) < 4.78 is 2.15. The van der Waals surface area contributed by atoms with Crippen molar-refractivity contribution in [2.24, 2.45) is 0 Å². The summed E-state index contributed by atoms with van der Waals surface area (Å²) in [4.78, 5) is 0. The van der Waals surface area contributed by atoms with E-state index < -0.39 is 0 Å². The first-order valence-electron chi connectivity index (χ1n) is 5.84. The molecule has 0 bridgehead atoms. The smallest absolute Gasteiger partial charge is 0.122 e. The van der Waals surface area contributed by atoms with E-state index in [9.17, 15) is 10.2 Å². The molecule has 0 aliphatic rings. The van der Waals surface area contributed by atoms with Crippen molar-refractivity contribution in [1.29, 1.82) is 0 Å². The number of benzene rings is 1. The van der Waals surface area contributed by atoms with Crippen LogP contribution in [0.25, 0.3) is 0 Å². The van der Waals surface area contributed by atoms with E-state index in [1.54, 1.807) is 12.1 Å². The second kappa shape index (κ2) is 4.95. The van der Waals surface area contributed by atoms with Crippen molar-refractivity contribution in [2.75, 3.05) is 0 Å². The second-order valence-corrected chi connectivity index (χ2v) is 4.25. The molecular formula is C14H17NO2. The van der Waals surface area contributed by atoms with Crippen LogP contribution in [-0.2, 0) is 13.0 Å². The fourth-order valence-electron chi connectivity index (χ4n) is 1.91. The molecule has 90 valence electrons. The van der Waals surface area contributed by atoms with Crippen LogP contribution in [0.15, 0.2) is 36.7 Å². The van der Waals surface area contributed by atoms with Crippen LogP contribution in [0.2, 0.25) is 0 Å². The molecule has 0 aliphatic heterocycles. The first-order chi connectivity index (χ1) is 8.19. The maximum Gasteiger partial charge on any atom is 0.122 e. The second-order valence-electron chi connectivity index (χ2n) is 4.25. The predicted octanol–water partition coefficient (Wildman–Crippen LogP) is 2.90. The van der Waals surface area contributed by atoms with Crippen molar-refractivity contribution in [3.8, 4) is 11.5 Å². The zero-order valence-corrected chi connectivity index (χ0v) is 9.93. The van der Waals surface area contributed by atoms with Crippen LogP contribution in [0.1, 0.15) is 24.5 Å². The van der Waals surface area contributed by atoms with Crippen LogP contribution in [0.3, 0.4) is 0 Å². The van der Waals surface area contributed by atoms with E-state index in [0.29, 0.717) is 6.42 Å². The molecule has 0 saturated heterocycles. The Morgan fingerprint density at radius 3 is 2.71 bits per heavy atom. The van der Waals surface area contributed by atoms with Gasteiger partial charge in [0.1, 0.15) is 11.5 Å². The lowest BCUT2D eigenvalue weighted by atomic mass is 10.1. The van der Waals surface area contributed by atoms with Crippen LogP contribution >= 0.6 is 0 Å². The van der Waals surface area contributed by atoms with E-state index in [4.69, 9.17) is 0 Å². The Morgan fingerprint density at radius 1 is 1.18 bits per heavy atom. The fourth-order valence-corrected chi connectivity index (χ4v) is 1.91. The summed E-state index contributed by atoms with van der Waals surface area (Å²) in [6, 6.07) is 6.78. The quantitative estimate of drug-likeness (QED) is 0.849. The first kappa shape index (κ1) is 11.6. The Labute approximate surface area is 101 Å². The molecule has 3 nitrogen and oxygen atoms in total. The molecule has 0 aliphatic carbocycles. The van der Waals surface area contributed by atoms with Gasteiger partial charge in [0.2, 0.25) is 0 Å². The minimum Gasteiger partial charge on any atom is -0.508 e. The van der Waals surface area contributed by atoms with Gasteiger partial charge in [-0.1, -0.05) is 13.0 Å². The zero-order valence-electron chi connectivity index (χ0n) is 9.93. The molecule has 0 saturated carbocycles. The predicted molar refractivity (Wildman–Crippen MR) is 67.3 cm³/mol. The largest absolute Gasteiger partial charge is 0.508 e. The van der Waals surface area contributed by atoms with Crippen molar-refractivity contribution >= 4 is 0 Å². The van der Waals surface area contributed by atoms with Gasteiger partial charge in [-0.25, -0.2) is 0 Å². The maximum atomic E-state index is 9.70. The maximum absolute atomic E-state index is 9.70. The summed E-state index contributed by atoms with van der Waals surface area (Å²) in [5.74, 6) is 0.239. The number of nitrogens with zero attached hydrogens (tertiary/aromatic N) is 1. The van der Waals surface area contributed by atoms with Gasteiger partial charge < -0.3 is 14.8 Å². The third kappa shape index (κ3) is 2.81.